The zero-order valence-electron chi connectivity index (χ0n) is 13.4. The average Bonchev–Trinajstić information content (AvgIpc) is 2.48. The summed E-state index contributed by atoms with van der Waals surface area (Å²) in [6.07, 6.45) is 7.99. The van der Waals surface area contributed by atoms with Gasteiger partial charge in [0, 0.05) is 25.6 Å². The third-order valence-corrected chi connectivity index (χ3v) is 4.89. The van der Waals surface area contributed by atoms with Crippen LogP contribution in [-0.2, 0) is 4.79 Å². The van der Waals surface area contributed by atoms with Gasteiger partial charge in [-0.15, -0.1) is 0 Å². The summed E-state index contributed by atoms with van der Waals surface area (Å²) in [5, 5.41) is 0. The predicted octanol–water partition coefficient (Wildman–Crippen LogP) is 3.07. The minimum atomic E-state index is 0.297. The molecule has 114 valence electrons. The summed E-state index contributed by atoms with van der Waals surface area (Å²) >= 11 is 0. The SMILES string of the molecule is CCC(=O)N1CC=C(CC2CCN(C(C)C)CC2)CC1. The third-order valence-electron chi connectivity index (χ3n) is 4.89. The number of amides is 1. The molecular weight excluding hydrogens is 248 g/mol. The highest BCUT2D eigenvalue weighted by atomic mass is 16.2. The third kappa shape index (κ3) is 4.08. The molecule has 2 heterocycles. The molecule has 0 unspecified atom stereocenters. The Bertz CT molecular complexity index is 354. The van der Waals surface area contributed by atoms with Crippen LogP contribution < -0.4 is 0 Å². The highest BCUT2D eigenvalue weighted by Crippen LogP contribution is 2.27. The number of piperidine rings is 1. The lowest BCUT2D eigenvalue weighted by atomic mass is 9.87. The zero-order chi connectivity index (χ0) is 14.5. The van der Waals surface area contributed by atoms with Crippen molar-refractivity contribution >= 4 is 5.91 Å². The van der Waals surface area contributed by atoms with Gasteiger partial charge in [-0.2, -0.15) is 0 Å². The maximum absolute atomic E-state index is 11.7. The molecule has 2 aliphatic heterocycles. The van der Waals surface area contributed by atoms with E-state index in [9.17, 15) is 4.79 Å². The molecule has 0 aromatic rings. The summed E-state index contributed by atoms with van der Waals surface area (Å²) in [6.45, 7) is 10.8. The Hall–Kier alpha value is -0.830. The zero-order valence-corrected chi connectivity index (χ0v) is 13.4. The molecule has 20 heavy (non-hydrogen) atoms. The van der Waals surface area contributed by atoms with Crippen LogP contribution in [0.25, 0.3) is 0 Å². The van der Waals surface area contributed by atoms with E-state index in [-0.39, 0.29) is 0 Å². The van der Waals surface area contributed by atoms with Crippen molar-refractivity contribution in [1.82, 2.24) is 9.80 Å². The molecule has 0 aromatic carbocycles. The molecule has 2 aliphatic rings. The van der Waals surface area contributed by atoms with Gasteiger partial charge in [-0.3, -0.25) is 4.79 Å². The fourth-order valence-corrected chi connectivity index (χ4v) is 3.39. The Labute approximate surface area is 124 Å². The molecule has 1 amide bonds. The van der Waals surface area contributed by atoms with Crippen LogP contribution in [0.2, 0.25) is 0 Å². The lowest BCUT2D eigenvalue weighted by molar-refractivity contribution is -0.130. The Morgan fingerprint density at radius 1 is 1.30 bits per heavy atom. The quantitative estimate of drug-likeness (QED) is 0.738. The second-order valence-corrected chi connectivity index (χ2v) is 6.58. The van der Waals surface area contributed by atoms with Gasteiger partial charge in [-0.25, -0.2) is 0 Å². The second kappa shape index (κ2) is 7.26. The van der Waals surface area contributed by atoms with Crippen LogP contribution >= 0.6 is 0 Å². The first-order valence-electron chi connectivity index (χ1n) is 8.29. The Balaban J connectivity index is 1.76. The number of likely N-dealkylation sites (tertiary alicyclic amines) is 1. The first kappa shape index (κ1) is 15.6. The van der Waals surface area contributed by atoms with Crippen molar-refractivity contribution in [1.29, 1.82) is 0 Å². The van der Waals surface area contributed by atoms with Gasteiger partial charge >= 0.3 is 0 Å². The Kier molecular flexibility index (Phi) is 5.64. The molecule has 1 fully saturated rings. The van der Waals surface area contributed by atoms with E-state index >= 15 is 0 Å². The summed E-state index contributed by atoms with van der Waals surface area (Å²) in [5.74, 6) is 1.16. The van der Waals surface area contributed by atoms with Gasteiger partial charge in [0.2, 0.25) is 5.91 Å². The second-order valence-electron chi connectivity index (χ2n) is 6.58. The lowest BCUT2D eigenvalue weighted by Crippen LogP contribution is -2.39. The van der Waals surface area contributed by atoms with Crippen molar-refractivity contribution in [3.05, 3.63) is 11.6 Å². The van der Waals surface area contributed by atoms with E-state index in [0.717, 1.165) is 25.4 Å². The number of carbonyl (C=O) groups excluding carboxylic acids is 1. The van der Waals surface area contributed by atoms with Gasteiger partial charge in [-0.1, -0.05) is 18.6 Å². The summed E-state index contributed by atoms with van der Waals surface area (Å²) in [7, 11) is 0. The highest BCUT2D eigenvalue weighted by molar-refractivity contribution is 5.76. The number of nitrogens with zero attached hydrogens (tertiary/aromatic N) is 2. The first-order chi connectivity index (χ1) is 9.60. The van der Waals surface area contributed by atoms with Crippen molar-refractivity contribution in [2.24, 2.45) is 5.92 Å². The molecule has 1 saturated heterocycles. The van der Waals surface area contributed by atoms with Crippen LogP contribution in [0.3, 0.4) is 0 Å². The van der Waals surface area contributed by atoms with E-state index in [2.05, 4.69) is 24.8 Å². The summed E-state index contributed by atoms with van der Waals surface area (Å²) in [6, 6.07) is 0.693. The Morgan fingerprint density at radius 3 is 2.50 bits per heavy atom. The van der Waals surface area contributed by atoms with Gasteiger partial charge in [0.1, 0.15) is 0 Å². The molecule has 0 aromatic heterocycles. The average molecular weight is 278 g/mol. The molecule has 0 N–H and O–H groups in total. The maximum Gasteiger partial charge on any atom is 0.222 e. The minimum absolute atomic E-state index is 0.297. The van der Waals surface area contributed by atoms with Crippen LogP contribution in [0, 0.1) is 5.92 Å². The summed E-state index contributed by atoms with van der Waals surface area (Å²) in [4.78, 5) is 16.2. The van der Waals surface area contributed by atoms with E-state index in [0.29, 0.717) is 18.4 Å². The minimum Gasteiger partial charge on any atom is -0.339 e. The molecule has 0 aliphatic carbocycles. The van der Waals surface area contributed by atoms with Crippen LogP contribution in [0.1, 0.15) is 52.9 Å². The molecule has 0 spiro atoms. The van der Waals surface area contributed by atoms with Crippen molar-refractivity contribution in [3.63, 3.8) is 0 Å². The fourth-order valence-electron chi connectivity index (χ4n) is 3.39. The normalized spacial score (nSPS) is 22.2. The van der Waals surface area contributed by atoms with Gasteiger partial charge in [0.15, 0.2) is 0 Å². The summed E-state index contributed by atoms with van der Waals surface area (Å²) in [5.41, 5.74) is 1.59. The first-order valence-corrected chi connectivity index (χ1v) is 8.29. The highest BCUT2D eigenvalue weighted by Gasteiger charge is 2.23. The standard InChI is InChI=1S/C17H30N2O/c1-4-17(20)19-11-7-16(8-12-19)13-15-5-9-18(10-6-15)14(2)3/h7,14-15H,4-6,8-13H2,1-3H3. The number of hydrogen-bond donors (Lipinski definition) is 0. The molecule has 2 rings (SSSR count). The van der Waals surface area contributed by atoms with Crippen molar-refractivity contribution in [2.75, 3.05) is 26.2 Å². The van der Waals surface area contributed by atoms with E-state index in [4.69, 9.17) is 0 Å². The van der Waals surface area contributed by atoms with Crippen molar-refractivity contribution in [3.8, 4) is 0 Å². The van der Waals surface area contributed by atoms with Gasteiger partial charge in [0.25, 0.3) is 0 Å². The molecule has 0 saturated carbocycles. The number of carbonyl (C=O) groups is 1. The predicted molar refractivity (Wildman–Crippen MR) is 83.6 cm³/mol. The molecule has 0 atom stereocenters. The monoisotopic (exact) mass is 278 g/mol. The molecule has 3 heteroatoms. The van der Waals surface area contributed by atoms with E-state index < -0.39 is 0 Å². The molecule has 3 nitrogen and oxygen atoms in total. The van der Waals surface area contributed by atoms with Gasteiger partial charge < -0.3 is 9.80 Å². The molecule has 0 bridgehead atoms. The van der Waals surface area contributed by atoms with E-state index in [1.165, 1.54) is 32.4 Å². The fraction of sp³-hybridized carbons (Fsp3) is 0.824. The van der Waals surface area contributed by atoms with Crippen molar-refractivity contribution in [2.45, 2.75) is 58.9 Å². The largest absolute Gasteiger partial charge is 0.339 e. The van der Waals surface area contributed by atoms with Crippen LogP contribution in [0.15, 0.2) is 11.6 Å². The van der Waals surface area contributed by atoms with Gasteiger partial charge in [0.05, 0.1) is 0 Å². The Morgan fingerprint density at radius 2 is 2.00 bits per heavy atom. The summed E-state index contributed by atoms with van der Waals surface area (Å²) < 4.78 is 0. The van der Waals surface area contributed by atoms with E-state index in [1.807, 2.05) is 11.8 Å². The van der Waals surface area contributed by atoms with E-state index in [1.54, 1.807) is 5.57 Å². The van der Waals surface area contributed by atoms with Gasteiger partial charge in [-0.05, 0) is 58.5 Å². The number of rotatable bonds is 4. The topological polar surface area (TPSA) is 23.6 Å². The van der Waals surface area contributed by atoms with Crippen LogP contribution in [0.4, 0.5) is 0 Å². The maximum atomic E-state index is 11.7. The van der Waals surface area contributed by atoms with Crippen LogP contribution in [-0.4, -0.2) is 47.9 Å². The number of hydrogen-bond acceptors (Lipinski definition) is 2. The molecular formula is C17H30N2O. The van der Waals surface area contributed by atoms with Crippen LogP contribution in [0.5, 0.6) is 0 Å². The molecule has 0 radical (unpaired) electrons. The van der Waals surface area contributed by atoms with Crippen molar-refractivity contribution < 1.29 is 4.79 Å². The smallest absolute Gasteiger partial charge is 0.222 e. The lowest BCUT2D eigenvalue weighted by Gasteiger charge is -2.35.